The van der Waals surface area contributed by atoms with Gasteiger partial charge in [0.05, 0.1) is 17.4 Å². The number of hydrogen-bond acceptors (Lipinski definition) is 4. The summed E-state index contributed by atoms with van der Waals surface area (Å²) in [6.45, 7) is 3.69. The molecule has 0 unspecified atom stereocenters. The number of nitriles is 1. The number of hydrogen-bond donors (Lipinski definition) is 1. The molecule has 5 nitrogen and oxygen atoms in total. The van der Waals surface area contributed by atoms with Gasteiger partial charge in [0.15, 0.2) is 0 Å². The minimum absolute atomic E-state index is 0.00850. The van der Waals surface area contributed by atoms with Crippen molar-refractivity contribution in [1.29, 1.82) is 5.26 Å². The van der Waals surface area contributed by atoms with Crippen LogP contribution in [0.5, 0.6) is 0 Å². The normalized spacial score (nSPS) is 20.9. The molecule has 0 spiro atoms. The Balaban J connectivity index is 2.09. The van der Waals surface area contributed by atoms with Crippen molar-refractivity contribution in [3.8, 4) is 6.07 Å². The zero-order valence-electron chi connectivity index (χ0n) is 10.8. The Morgan fingerprint density at radius 3 is 2.68 bits per heavy atom. The molecule has 1 aromatic carbocycles. The van der Waals surface area contributed by atoms with E-state index < -0.39 is 10.0 Å². The quantitative estimate of drug-likeness (QED) is 0.883. The lowest BCUT2D eigenvalue weighted by Gasteiger charge is -2.31. The van der Waals surface area contributed by atoms with E-state index in [1.54, 1.807) is 24.3 Å². The molecule has 1 heterocycles. The number of nitrogens with zero attached hydrogens (tertiary/aromatic N) is 2. The lowest BCUT2D eigenvalue weighted by Crippen LogP contribution is -2.51. The largest absolute Gasteiger partial charge is 0.312 e. The Morgan fingerprint density at radius 1 is 1.42 bits per heavy atom. The second-order valence-corrected chi connectivity index (χ2v) is 6.75. The molecule has 0 aromatic heterocycles. The number of sulfonamides is 1. The first-order chi connectivity index (χ1) is 9.01. The minimum Gasteiger partial charge on any atom is -0.312 e. The van der Waals surface area contributed by atoms with Crippen LogP contribution in [0.15, 0.2) is 24.3 Å². The van der Waals surface area contributed by atoms with E-state index in [4.69, 9.17) is 5.26 Å². The molecular weight excluding hydrogens is 262 g/mol. The molecule has 1 aliphatic heterocycles. The summed E-state index contributed by atoms with van der Waals surface area (Å²) in [6.07, 6.45) is 0. The lowest BCUT2D eigenvalue weighted by atomic mass is 10.2. The second-order valence-electron chi connectivity index (χ2n) is 4.78. The molecule has 0 radical (unpaired) electrons. The fourth-order valence-electron chi connectivity index (χ4n) is 2.13. The number of nitrogens with one attached hydrogen (secondary N) is 1. The molecule has 1 saturated heterocycles. The van der Waals surface area contributed by atoms with Gasteiger partial charge in [0.25, 0.3) is 0 Å². The Morgan fingerprint density at radius 2 is 2.11 bits per heavy atom. The third-order valence-electron chi connectivity index (χ3n) is 3.16. The van der Waals surface area contributed by atoms with Crippen molar-refractivity contribution in [3.05, 3.63) is 35.4 Å². The highest BCUT2D eigenvalue weighted by atomic mass is 32.2. The molecule has 1 aromatic rings. The molecule has 1 atom stereocenters. The van der Waals surface area contributed by atoms with Crippen molar-refractivity contribution >= 4 is 10.0 Å². The van der Waals surface area contributed by atoms with Crippen LogP contribution in [0, 0.1) is 11.3 Å². The van der Waals surface area contributed by atoms with Crippen molar-refractivity contribution in [2.45, 2.75) is 18.7 Å². The van der Waals surface area contributed by atoms with Gasteiger partial charge in [0.1, 0.15) is 0 Å². The molecule has 0 bridgehead atoms. The summed E-state index contributed by atoms with van der Waals surface area (Å²) in [5, 5.41) is 11.9. The van der Waals surface area contributed by atoms with E-state index in [9.17, 15) is 8.42 Å². The summed E-state index contributed by atoms with van der Waals surface area (Å²) >= 11 is 0. The Labute approximate surface area is 113 Å². The monoisotopic (exact) mass is 279 g/mol. The molecule has 6 heteroatoms. The van der Waals surface area contributed by atoms with Crippen molar-refractivity contribution in [1.82, 2.24) is 9.62 Å². The molecule has 102 valence electrons. The third kappa shape index (κ3) is 3.53. The summed E-state index contributed by atoms with van der Waals surface area (Å²) in [5.74, 6) is -0.00850. The van der Waals surface area contributed by atoms with E-state index in [0.717, 1.165) is 0 Å². The Bertz CT molecular complexity index is 575. The maximum absolute atomic E-state index is 12.3. The maximum Gasteiger partial charge on any atom is 0.218 e. The number of piperazine rings is 1. The van der Waals surface area contributed by atoms with E-state index in [1.165, 1.54) is 4.31 Å². The van der Waals surface area contributed by atoms with Gasteiger partial charge in [-0.25, -0.2) is 8.42 Å². The van der Waals surface area contributed by atoms with Crippen molar-refractivity contribution in [2.75, 3.05) is 19.6 Å². The van der Waals surface area contributed by atoms with E-state index in [0.29, 0.717) is 30.8 Å². The second kappa shape index (κ2) is 5.70. The van der Waals surface area contributed by atoms with Gasteiger partial charge in [-0.05, 0) is 24.6 Å². The Hall–Kier alpha value is -1.42. The van der Waals surface area contributed by atoms with Crippen LogP contribution in [0.25, 0.3) is 0 Å². The zero-order chi connectivity index (χ0) is 13.9. The molecule has 0 saturated carbocycles. The van der Waals surface area contributed by atoms with Gasteiger partial charge in [-0.15, -0.1) is 0 Å². The topological polar surface area (TPSA) is 73.2 Å². The highest BCUT2D eigenvalue weighted by Crippen LogP contribution is 2.13. The molecular formula is C13H17N3O2S. The van der Waals surface area contributed by atoms with Crippen molar-refractivity contribution in [2.24, 2.45) is 0 Å². The molecule has 19 heavy (non-hydrogen) atoms. The van der Waals surface area contributed by atoms with E-state index >= 15 is 0 Å². The van der Waals surface area contributed by atoms with E-state index in [2.05, 4.69) is 5.32 Å². The van der Waals surface area contributed by atoms with Crippen LogP contribution in [0.1, 0.15) is 18.1 Å². The van der Waals surface area contributed by atoms with Crippen molar-refractivity contribution in [3.63, 3.8) is 0 Å². The summed E-state index contributed by atoms with van der Waals surface area (Å²) in [6, 6.07) is 8.88. The first-order valence-corrected chi connectivity index (χ1v) is 7.82. The van der Waals surface area contributed by atoms with E-state index in [1.807, 2.05) is 13.0 Å². The molecule has 1 N–H and O–H groups in total. The third-order valence-corrected chi connectivity index (χ3v) is 4.97. The predicted octanol–water partition coefficient (Wildman–Crippen LogP) is 0.682. The van der Waals surface area contributed by atoms with Crippen LogP contribution in [0.4, 0.5) is 0 Å². The fraction of sp³-hybridized carbons (Fsp3) is 0.462. The smallest absolute Gasteiger partial charge is 0.218 e. The Kier molecular flexibility index (Phi) is 4.20. The van der Waals surface area contributed by atoms with Crippen LogP contribution in [-0.4, -0.2) is 38.4 Å². The molecule has 0 aliphatic carbocycles. The first kappa shape index (κ1) is 14.0. The standard InChI is InChI=1S/C13H17N3O2S/c1-11-9-16(7-6-15-11)19(17,18)10-13-4-2-12(8-14)3-5-13/h2-5,11,15H,6-7,9-10H2,1H3/t11-/m0/s1. The van der Waals surface area contributed by atoms with Crippen LogP contribution in [0.3, 0.4) is 0 Å². The van der Waals surface area contributed by atoms with Gasteiger partial charge in [-0.3, -0.25) is 0 Å². The first-order valence-electron chi connectivity index (χ1n) is 6.21. The van der Waals surface area contributed by atoms with Gasteiger partial charge in [0, 0.05) is 25.7 Å². The summed E-state index contributed by atoms with van der Waals surface area (Å²) in [7, 11) is -3.28. The van der Waals surface area contributed by atoms with Gasteiger partial charge >= 0.3 is 0 Å². The van der Waals surface area contributed by atoms with E-state index in [-0.39, 0.29) is 11.8 Å². The zero-order valence-corrected chi connectivity index (χ0v) is 11.7. The lowest BCUT2D eigenvalue weighted by molar-refractivity contribution is 0.310. The summed E-state index contributed by atoms with van der Waals surface area (Å²) in [5.41, 5.74) is 1.25. The number of rotatable bonds is 3. The van der Waals surface area contributed by atoms with Crippen LogP contribution in [0.2, 0.25) is 0 Å². The van der Waals surface area contributed by atoms with Gasteiger partial charge < -0.3 is 5.32 Å². The minimum atomic E-state index is -3.28. The maximum atomic E-state index is 12.3. The van der Waals surface area contributed by atoms with Crippen LogP contribution < -0.4 is 5.32 Å². The average Bonchev–Trinajstić information content (AvgIpc) is 2.39. The fourth-order valence-corrected chi connectivity index (χ4v) is 3.74. The van der Waals surface area contributed by atoms with Crippen LogP contribution in [-0.2, 0) is 15.8 Å². The van der Waals surface area contributed by atoms with Crippen molar-refractivity contribution < 1.29 is 8.42 Å². The molecule has 0 amide bonds. The highest BCUT2D eigenvalue weighted by Gasteiger charge is 2.26. The summed E-state index contributed by atoms with van der Waals surface area (Å²) in [4.78, 5) is 0. The summed E-state index contributed by atoms with van der Waals surface area (Å²) < 4.78 is 26.1. The van der Waals surface area contributed by atoms with Crippen LogP contribution >= 0.6 is 0 Å². The predicted molar refractivity (Wildman–Crippen MR) is 72.8 cm³/mol. The molecule has 1 fully saturated rings. The molecule has 1 aliphatic rings. The SMILES string of the molecule is C[C@H]1CN(S(=O)(=O)Cc2ccc(C#N)cc2)CCN1. The average molecular weight is 279 g/mol. The number of benzene rings is 1. The van der Waals surface area contributed by atoms with Gasteiger partial charge in [-0.2, -0.15) is 9.57 Å². The molecule has 2 rings (SSSR count). The highest BCUT2D eigenvalue weighted by molar-refractivity contribution is 7.88. The van der Waals surface area contributed by atoms with Gasteiger partial charge in [-0.1, -0.05) is 12.1 Å². The van der Waals surface area contributed by atoms with Gasteiger partial charge in [0.2, 0.25) is 10.0 Å².